The number of ether oxygens (including phenoxy) is 1. The van der Waals surface area contributed by atoms with Gasteiger partial charge in [0.05, 0.1) is 12.8 Å². The summed E-state index contributed by atoms with van der Waals surface area (Å²) in [5.74, 6) is 1.50. The Balaban J connectivity index is 1.37. The lowest BCUT2D eigenvalue weighted by Crippen LogP contribution is -2.42. The smallest absolute Gasteiger partial charge is 0.178 e. The van der Waals surface area contributed by atoms with Crippen molar-refractivity contribution in [1.29, 1.82) is 0 Å². The number of fused-ring (bicyclic) bond motifs is 1. The zero-order valence-corrected chi connectivity index (χ0v) is 15.7. The van der Waals surface area contributed by atoms with Crippen LogP contribution < -0.4 is 10.1 Å². The normalized spacial score (nSPS) is 13.7. The number of benzene rings is 1. The number of rotatable bonds is 8. The fourth-order valence-electron chi connectivity index (χ4n) is 2.75. The van der Waals surface area contributed by atoms with E-state index in [1.807, 2.05) is 47.8 Å². The van der Waals surface area contributed by atoms with Gasteiger partial charge in [-0.25, -0.2) is 0 Å². The maximum absolute atomic E-state index is 10.5. The maximum atomic E-state index is 10.5. The minimum absolute atomic E-state index is 0.162. The number of nitrogens with zero attached hydrogens (tertiary/aromatic N) is 1. The summed E-state index contributed by atoms with van der Waals surface area (Å²) in [6.07, 6.45) is 1.63. The molecular weight excluding hydrogens is 364 g/mol. The van der Waals surface area contributed by atoms with Crippen LogP contribution in [0.4, 0.5) is 0 Å². The molecule has 0 spiro atoms. The molecule has 0 fully saturated rings. The first-order valence-electron chi connectivity index (χ1n) is 8.62. The van der Waals surface area contributed by atoms with Crippen molar-refractivity contribution in [2.24, 2.45) is 0 Å². The van der Waals surface area contributed by atoms with Crippen LogP contribution in [-0.4, -0.2) is 29.0 Å². The number of aliphatic hydroxyl groups is 1. The van der Waals surface area contributed by atoms with E-state index in [1.54, 1.807) is 24.5 Å². The van der Waals surface area contributed by atoms with Crippen molar-refractivity contribution in [2.75, 3.05) is 13.2 Å². The molecule has 1 atom stereocenters. The molecule has 1 aromatic carbocycles. The third kappa shape index (κ3) is 4.21. The maximum Gasteiger partial charge on any atom is 0.178 e. The van der Waals surface area contributed by atoms with Gasteiger partial charge in [-0.3, -0.25) is 0 Å². The van der Waals surface area contributed by atoms with Crippen LogP contribution in [0.1, 0.15) is 12.7 Å². The van der Waals surface area contributed by atoms with Crippen molar-refractivity contribution < 1.29 is 18.8 Å². The molecule has 7 heteroatoms. The topological polar surface area (TPSA) is 80.7 Å². The van der Waals surface area contributed by atoms with E-state index in [9.17, 15) is 5.11 Å². The van der Waals surface area contributed by atoms with Gasteiger partial charge in [-0.2, -0.15) is 0 Å². The number of hydrogen-bond acceptors (Lipinski definition) is 7. The first-order valence-corrected chi connectivity index (χ1v) is 9.50. The fraction of sp³-hybridized carbons (Fsp3) is 0.250. The third-order valence-corrected chi connectivity index (χ3v) is 5.02. The van der Waals surface area contributed by atoms with Gasteiger partial charge < -0.3 is 24.1 Å². The second kappa shape index (κ2) is 7.56. The van der Waals surface area contributed by atoms with Crippen LogP contribution in [0.25, 0.3) is 21.5 Å². The van der Waals surface area contributed by atoms with Crippen LogP contribution in [-0.2, 0) is 6.54 Å². The molecule has 0 saturated carbocycles. The van der Waals surface area contributed by atoms with E-state index in [-0.39, 0.29) is 6.61 Å². The van der Waals surface area contributed by atoms with Crippen LogP contribution >= 0.6 is 11.3 Å². The van der Waals surface area contributed by atoms with Gasteiger partial charge in [-0.1, -0.05) is 17.3 Å². The second-order valence-electron chi connectivity index (χ2n) is 6.64. The molecule has 3 heterocycles. The molecule has 0 radical (unpaired) electrons. The molecule has 0 unspecified atom stereocenters. The molecule has 140 valence electrons. The van der Waals surface area contributed by atoms with Crippen molar-refractivity contribution in [3.63, 3.8) is 0 Å². The van der Waals surface area contributed by atoms with Crippen LogP contribution in [0.15, 0.2) is 63.0 Å². The minimum atomic E-state index is -1.02. The molecule has 27 heavy (non-hydrogen) atoms. The summed E-state index contributed by atoms with van der Waals surface area (Å²) in [6.45, 7) is 2.84. The number of furan rings is 1. The monoisotopic (exact) mass is 384 g/mol. The van der Waals surface area contributed by atoms with E-state index in [4.69, 9.17) is 13.7 Å². The SMILES string of the molecule is C[C@@](O)(CNCc1ccco1)COc1cccc(-c2noc3ccsc23)c1. The Hall–Kier alpha value is -2.61. The molecule has 0 aliphatic heterocycles. The van der Waals surface area contributed by atoms with Gasteiger partial charge in [-0.05, 0) is 42.6 Å². The van der Waals surface area contributed by atoms with Crippen molar-refractivity contribution in [1.82, 2.24) is 10.5 Å². The van der Waals surface area contributed by atoms with Crippen LogP contribution in [0.5, 0.6) is 5.75 Å². The van der Waals surface area contributed by atoms with Gasteiger partial charge >= 0.3 is 0 Å². The molecule has 0 aliphatic rings. The van der Waals surface area contributed by atoms with E-state index in [1.165, 1.54) is 0 Å². The Kier molecular flexibility index (Phi) is 4.98. The van der Waals surface area contributed by atoms with E-state index in [0.29, 0.717) is 18.8 Å². The average Bonchev–Trinajstić information content (AvgIpc) is 3.38. The highest BCUT2D eigenvalue weighted by molar-refractivity contribution is 7.17. The molecule has 4 aromatic rings. The van der Waals surface area contributed by atoms with E-state index < -0.39 is 5.60 Å². The zero-order valence-electron chi connectivity index (χ0n) is 14.8. The molecule has 0 aliphatic carbocycles. The molecular formula is C20H20N2O4S. The number of hydrogen-bond donors (Lipinski definition) is 2. The van der Waals surface area contributed by atoms with E-state index in [2.05, 4.69) is 10.5 Å². The van der Waals surface area contributed by atoms with Gasteiger partial charge in [0.25, 0.3) is 0 Å². The van der Waals surface area contributed by atoms with Crippen molar-refractivity contribution in [3.05, 3.63) is 59.9 Å². The first kappa shape index (κ1) is 17.8. The zero-order chi connectivity index (χ0) is 18.7. The summed E-state index contributed by atoms with van der Waals surface area (Å²) >= 11 is 1.59. The van der Waals surface area contributed by atoms with E-state index in [0.717, 1.165) is 27.3 Å². The second-order valence-corrected chi connectivity index (χ2v) is 7.56. The largest absolute Gasteiger partial charge is 0.491 e. The fourth-order valence-corrected chi connectivity index (χ4v) is 3.57. The van der Waals surface area contributed by atoms with Gasteiger partial charge in [0.2, 0.25) is 0 Å². The van der Waals surface area contributed by atoms with Gasteiger partial charge in [0.1, 0.15) is 34.1 Å². The molecule has 2 N–H and O–H groups in total. The first-order chi connectivity index (χ1) is 13.1. The Labute approximate surface area is 160 Å². The molecule has 0 saturated heterocycles. The van der Waals surface area contributed by atoms with Crippen LogP contribution in [0.2, 0.25) is 0 Å². The quantitative estimate of drug-likeness (QED) is 0.477. The highest BCUT2D eigenvalue weighted by Gasteiger charge is 2.21. The summed E-state index contributed by atoms with van der Waals surface area (Å²) in [4.78, 5) is 0. The lowest BCUT2D eigenvalue weighted by atomic mass is 10.1. The molecule has 0 bridgehead atoms. The third-order valence-electron chi connectivity index (χ3n) is 4.12. The highest BCUT2D eigenvalue weighted by Crippen LogP contribution is 2.33. The molecule has 6 nitrogen and oxygen atoms in total. The standard InChI is InChI=1S/C20H20N2O4S/c1-20(23,12-21-11-16-6-3-8-24-16)13-25-15-5-2-4-14(10-15)18-19-17(26-22-18)7-9-27-19/h2-10,21,23H,11-13H2,1H3/t20-/m1/s1. The molecule has 0 amide bonds. The number of nitrogens with one attached hydrogen (secondary N) is 1. The van der Waals surface area contributed by atoms with Crippen molar-refractivity contribution in [3.8, 4) is 17.0 Å². The Morgan fingerprint density at radius 3 is 3.04 bits per heavy atom. The summed E-state index contributed by atoms with van der Waals surface area (Å²) in [7, 11) is 0. The molecule has 3 aromatic heterocycles. The van der Waals surface area contributed by atoms with E-state index >= 15 is 0 Å². The van der Waals surface area contributed by atoms with Gasteiger partial charge in [0.15, 0.2) is 5.58 Å². The summed E-state index contributed by atoms with van der Waals surface area (Å²) in [5, 5.41) is 19.8. The summed E-state index contributed by atoms with van der Waals surface area (Å²) < 4.78 is 17.4. The van der Waals surface area contributed by atoms with Gasteiger partial charge in [-0.15, -0.1) is 11.3 Å². The van der Waals surface area contributed by atoms with Crippen molar-refractivity contribution in [2.45, 2.75) is 19.1 Å². The predicted molar refractivity (Wildman–Crippen MR) is 104 cm³/mol. The summed E-state index contributed by atoms with van der Waals surface area (Å²) in [5.41, 5.74) is 1.49. The average molecular weight is 384 g/mol. The van der Waals surface area contributed by atoms with Crippen LogP contribution in [0.3, 0.4) is 0 Å². The lowest BCUT2D eigenvalue weighted by molar-refractivity contribution is 0.0118. The number of aromatic nitrogens is 1. The minimum Gasteiger partial charge on any atom is -0.491 e. The summed E-state index contributed by atoms with van der Waals surface area (Å²) in [6, 6.07) is 13.3. The van der Waals surface area contributed by atoms with Crippen LogP contribution in [0, 0.1) is 0 Å². The van der Waals surface area contributed by atoms with Crippen molar-refractivity contribution >= 4 is 21.6 Å². The Morgan fingerprint density at radius 2 is 2.19 bits per heavy atom. The predicted octanol–water partition coefficient (Wildman–Crippen LogP) is 4.07. The number of thiophene rings is 1. The van der Waals surface area contributed by atoms with Gasteiger partial charge in [0, 0.05) is 12.1 Å². The Bertz CT molecular complexity index is 1000. The highest BCUT2D eigenvalue weighted by atomic mass is 32.1. The molecule has 4 rings (SSSR count). The lowest BCUT2D eigenvalue weighted by Gasteiger charge is -2.24. The Morgan fingerprint density at radius 1 is 1.26 bits per heavy atom.